The molecule has 1 atom stereocenters. The zero-order valence-electron chi connectivity index (χ0n) is 11.2. The predicted octanol–water partition coefficient (Wildman–Crippen LogP) is 2.71. The van der Waals surface area contributed by atoms with Gasteiger partial charge in [-0.2, -0.15) is 0 Å². The van der Waals surface area contributed by atoms with E-state index in [1.165, 1.54) is 0 Å². The third kappa shape index (κ3) is 2.51. The van der Waals surface area contributed by atoms with Gasteiger partial charge in [0.15, 0.2) is 11.6 Å². The lowest BCUT2D eigenvalue weighted by atomic mass is 10.0. The van der Waals surface area contributed by atoms with Crippen LogP contribution < -0.4 is 5.32 Å². The Morgan fingerprint density at radius 1 is 1.32 bits per heavy atom. The molecule has 0 aliphatic carbocycles. The van der Waals surface area contributed by atoms with E-state index >= 15 is 0 Å². The van der Waals surface area contributed by atoms with Crippen molar-refractivity contribution < 1.29 is 8.78 Å². The lowest BCUT2D eigenvalue weighted by Crippen LogP contribution is -2.26. The van der Waals surface area contributed by atoms with Crippen molar-refractivity contribution in [2.24, 2.45) is 7.05 Å². The summed E-state index contributed by atoms with van der Waals surface area (Å²) in [6.45, 7) is 4.09. The molecule has 1 N–H and O–H groups in total. The van der Waals surface area contributed by atoms with Gasteiger partial charge in [0.05, 0.1) is 6.04 Å². The molecule has 0 saturated carbocycles. The van der Waals surface area contributed by atoms with E-state index in [4.69, 9.17) is 0 Å². The summed E-state index contributed by atoms with van der Waals surface area (Å²) < 4.78 is 29.6. The minimum absolute atomic E-state index is 0.277. The van der Waals surface area contributed by atoms with Crippen LogP contribution in [-0.2, 0) is 7.05 Å². The fourth-order valence-corrected chi connectivity index (χ4v) is 2.08. The quantitative estimate of drug-likeness (QED) is 0.921. The van der Waals surface area contributed by atoms with Crippen molar-refractivity contribution >= 4 is 0 Å². The number of rotatable bonds is 4. The molecule has 0 spiro atoms. The van der Waals surface area contributed by atoms with E-state index in [1.54, 1.807) is 36.0 Å². The smallest absolute Gasteiger partial charge is 0.164 e. The molecule has 0 aliphatic rings. The molecule has 1 aromatic carbocycles. The molecule has 0 bridgehead atoms. The molecule has 0 saturated heterocycles. The summed E-state index contributed by atoms with van der Waals surface area (Å²) in [6.07, 6.45) is 3.42. The highest BCUT2D eigenvalue weighted by molar-refractivity contribution is 5.31. The van der Waals surface area contributed by atoms with Gasteiger partial charge in [-0.1, -0.05) is 19.1 Å². The fraction of sp³-hybridized carbons (Fsp3) is 0.357. The van der Waals surface area contributed by atoms with Crippen molar-refractivity contribution in [1.29, 1.82) is 0 Å². The maximum Gasteiger partial charge on any atom is 0.164 e. The SMILES string of the molecule is CCNC(c1ccc(C)c(F)c1F)c1nccn1C. The molecule has 0 radical (unpaired) electrons. The number of imidazole rings is 1. The topological polar surface area (TPSA) is 29.9 Å². The molecular formula is C14H17F2N3. The molecule has 1 heterocycles. The third-order valence-corrected chi connectivity index (χ3v) is 3.14. The van der Waals surface area contributed by atoms with Crippen molar-refractivity contribution in [3.05, 3.63) is 53.1 Å². The Kier molecular flexibility index (Phi) is 3.95. The van der Waals surface area contributed by atoms with Crippen molar-refractivity contribution in [3.8, 4) is 0 Å². The van der Waals surface area contributed by atoms with Crippen molar-refractivity contribution in [1.82, 2.24) is 14.9 Å². The van der Waals surface area contributed by atoms with Gasteiger partial charge >= 0.3 is 0 Å². The number of hydrogen-bond donors (Lipinski definition) is 1. The van der Waals surface area contributed by atoms with Crippen molar-refractivity contribution in [3.63, 3.8) is 0 Å². The average Bonchev–Trinajstić information content (AvgIpc) is 2.80. The Balaban J connectivity index is 2.52. The van der Waals surface area contributed by atoms with Crippen LogP contribution in [0, 0.1) is 18.6 Å². The molecule has 1 aromatic heterocycles. The van der Waals surface area contributed by atoms with Gasteiger partial charge in [0.1, 0.15) is 5.82 Å². The summed E-state index contributed by atoms with van der Waals surface area (Å²) in [7, 11) is 1.83. The van der Waals surface area contributed by atoms with Gasteiger partial charge in [-0.15, -0.1) is 0 Å². The second-order valence-corrected chi connectivity index (χ2v) is 4.49. The van der Waals surface area contributed by atoms with Crippen LogP contribution in [-0.4, -0.2) is 16.1 Å². The first-order valence-electron chi connectivity index (χ1n) is 6.21. The Bertz CT molecular complexity index is 578. The summed E-state index contributed by atoms with van der Waals surface area (Å²) >= 11 is 0. The lowest BCUT2D eigenvalue weighted by molar-refractivity contribution is 0.471. The molecule has 3 nitrogen and oxygen atoms in total. The summed E-state index contributed by atoms with van der Waals surface area (Å²) in [6, 6.07) is 2.73. The molecule has 0 fully saturated rings. The Labute approximate surface area is 111 Å². The van der Waals surface area contributed by atoms with Crippen molar-refractivity contribution in [2.75, 3.05) is 6.54 Å². The number of nitrogens with one attached hydrogen (secondary N) is 1. The fourth-order valence-electron chi connectivity index (χ4n) is 2.08. The standard InChI is InChI=1S/C14H17F2N3/c1-4-17-13(14-18-7-8-19(14)3)10-6-5-9(2)11(15)12(10)16/h5-8,13,17H,4H2,1-3H3. The Morgan fingerprint density at radius 2 is 2.05 bits per heavy atom. The van der Waals surface area contributed by atoms with Crippen LogP contribution in [0.25, 0.3) is 0 Å². The van der Waals surface area contributed by atoms with Crippen LogP contribution in [0.4, 0.5) is 8.78 Å². The van der Waals surface area contributed by atoms with Gasteiger partial charge in [0, 0.05) is 25.0 Å². The Hall–Kier alpha value is -1.75. The van der Waals surface area contributed by atoms with Crippen LogP contribution in [0.1, 0.15) is 29.9 Å². The van der Waals surface area contributed by atoms with Gasteiger partial charge in [0.2, 0.25) is 0 Å². The van der Waals surface area contributed by atoms with E-state index in [0.717, 1.165) is 0 Å². The van der Waals surface area contributed by atoms with Gasteiger partial charge in [-0.3, -0.25) is 0 Å². The molecule has 0 amide bonds. The first kappa shape index (κ1) is 13.7. The van der Waals surface area contributed by atoms with Crippen LogP contribution in [0.2, 0.25) is 0 Å². The summed E-state index contributed by atoms with van der Waals surface area (Å²) in [4.78, 5) is 4.22. The highest BCUT2D eigenvalue weighted by atomic mass is 19.2. The minimum Gasteiger partial charge on any atom is -0.336 e. The average molecular weight is 265 g/mol. The Morgan fingerprint density at radius 3 is 2.63 bits per heavy atom. The number of halogens is 2. The molecule has 102 valence electrons. The number of aryl methyl sites for hydroxylation is 2. The minimum atomic E-state index is -0.811. The van der Waals surface area contributed by atoms with Crippen LogP contribution in [0.3, 0.4) is 0 Å². The number of nitrogens with zero attached hydrogens (tertiary/aromatic N) is 2. The molecule has 2 aromatic rings. The van der Waals surface area contributed by atoms with Crippen LogP contribution in [0.15, 0.2) is 24.5 Å². The molecule has 0 aliphatic heterocycles. The van der Waals surface area contributed by atoms with Crippen molar-refractivity contribution in [2.45, 2.75) is 19.9 Å². The number of benzene rings is 1. The normalized spacial score (nSPS) is 12.7. The number of hydrogen-bond acceptors (Lipinski definition) is 2. The molecular weight excluding hydrogens is 248 g/mol. The molecule has 19 heavy (non-hydrogen) atoms. The molecule has 1 unspecified atom stereocenters. The number of aromatic nitrogens is 2. The second-order valence-electron chi connectivity index (χ2n) is 4.49. The van der Waals surface area contributed by atoms with E-state index in [-0.39, 0.29) is 5.56 Å². The van der Waals surface area contributed by atoms with Gasteiger partial charge < -0.3 is 9.88 Å². The van der Waals surface area contributed by atoms with Crippen LogP contribution in [0.5, 0.6) is 0 Å². The van der Waals surface area contributed by atoms with Crippen LogP contribution >= 0.6 is 0 Å². The second kappa shape index (κ2) is 5.48. The highest BCUT2D eigenvalue weighted by Crippen LogP contribution is 2.25. The molecule has 2 rings (SSSR count). The first-order valence-corrected chi connectivity index (χ1v) is 6.21. The van der Waals surface area contributed by atoms with Gasteiger partial charge in [-0.25, -0.2) is 13.8 Å². The predicted molar refractivity (Wildman–Crippen MR) is 69.8 cm³/mol. The van der Waals surface area contributed by atoms with E-state index in [2.05, 4.69) is 10.3 Å². The largest absolute Gasteiger partial charge is 0.336 e. The van der Waals surface area contributed by atoms with Gasteiger partial charge in [0.25, 0.3) is 0 Å². The maximum absolute atomic E-state index is 14.1. The van der Waals surface area contributed by atoms with Gasteiger partial charge in [-0.05, 0) is 19.0 Å². The highest BCUT2D eigenvalue weighted by Gasteiger charge is 2.23. The monoisotopic (exact) mass is 265 g/mol. The first-order chi connectivity index (χ1) is 9.06. The van der Waals surface area contributed by atoms with E-state index in [1.807, 2.05) is 14.0 Å². The van der Waals surface area contributed by atoms with E-state index < -0.39 is 17.7 Å². The molecule has 5 heteroatoms. The summed E-state index contributed by atoms with van der Waals surface area (Å²) in [5, 5.41) is 3.14. The van der Waals surface area contributed by atoms with E-state index in [0.29, 0.717) is 17.9 Å². The maximum atomic E-state index is 14.1. The van der Waals surface area contributed by atoms with E-state index in [9.17, 15) is 8.78 Å². The zero-order valence-corrected chi connectivity index (χ0v) is 11.2. The zero-order chi connectivity index (χ0) is 14.0. The lowest BCUT2D eigenvalue weighted by Gasteiger charge is -2.19. The summed E-state index contributed by atoms with van der Waals surface area (Å²) in [5.74, 6) is -0.951. The third-order valence-electron chi connectivity index (χ3n) is 3.14. The summed E-state index contributed by atoms with van der Waals surface area (Å²) in [5.41, 5.74) is 0.579.